The molecule has 2 amide bonds. The number of hydrogen-bond acceptors (Lipinski definition) is 3. The van der Waals surface area contributed by atoms with E-state index in [1.165, 1.54) is 12.1 Å². The summed E-state index contributed by atoms with van der Waals surface area (Å²) in [6, 6.07) is 7.75. The number of carbonyl (C=O) groups is 1. The van der Waals surface area contributed by atoms with Gasteiger partial charge in [-0.15, -0.1) is 0 Å². The van der Waals surface area contributed by atoms with Crippen molar-refractivity contribution in [2.75, 3.05) is 25.5 Å². The highest BCUT2D eigenvalue weighted by Crippen LogP contribution is 2.27. The molecule has 1 aliphatic rings. The summed E-state index contributed by atoms with van der Waals surface area (Å²) in [6.45, 7) is 7.44. The zero-order valence-corrected chi connectivity index (χ0v) is 16.3. The fourth-order valence-corrected chi connectivity index (χ4v) is 3.12. The maximum absolute atomic E-state index is 13.3. The van der Waals surface area contributed by atoms with Crippen molar-refractivity contribution >= 4 is 11.8 Å². The zero-order chi connectivity index (χ0) is 19.6. The van der Waals surface area contributed by atoms with Gasteiger partial charge in [0.05, 0.1) is 17.5 Å². The maximum atomic E-state index is 13.3. The van der Waals surface area contributed by atoms with Gasteiger partial charge in [-0.25, -0.2) is 13.9 Å². The highest BCUT2D eigenvalue weighted by molar-refractivity contribution is 5.89. The van der Waals surface area contributed by atoms with Crippen LogP contribution >= 0.6 is 0 Å². The van der Waals surface area contributed by atoms with E-state index in [2.05, 4.69) is 31.2 Å². The van der Waals surface area contributed by atoms with Crippen LogP contribution in [0.3, 0.4) is 0 Å². The van der Waals surface area contributed by atoms with Gasteiger partial charge < -0.3 is 9.64 Å². The molecule has 0 bridgehead atoms. The number of likely N-dealkylation sites (tertiary alicyclic amines) is 1. The molecule has 1 aliphatic heterocycles. The molecule has 3 rings (SSSR count). The molecule has 1 fully saturated rings. The largest absolute Gasteiger partial charge is 0.380 e. The summed E-state index contributed by atoms with van der Waals surface area (Å²) in [6.07, 6.45) is 1.94. The molecule has 0 radical (unpaired) electrons. The molecule has 0 spiro atoms. The summed E-state index contributed by atoms with van der Waals surface area (Å²) in [5.74, 6) is 0.252. The number of anilines is 1. The Morgan fingerprint density at radius 3 is 2.63 bits per heavy atom. The molecular formula is C20H27FN4O2. The van der Waals surface area contributed by atoms with Gasteiger partial charge >= 0.3 is 6.03 Å². The summed E-state index contributed by atoms with van der Waals surface area (Å²) < 4.78 is 20.4. The first kappa shape index (κ1) is 19.4. The number of nitrogens with zero attached hydrogens (tertiary/aromatic N) is 3. The molecule has 1 aromatic carbocycles. The van der Waals surface area contributed by atoms with Crippen LogP contribution in [0.5, 0.6) is 0 Å². The van der Waals surface area contributed by atoms with Crippen molar-refractivity contribution in [3.8, 4) is 5.69 Å². The van der Waals surface area contributed by atoms with E-state index in [0.29, 0.717) is 24.6 Å². The van der Waals surface area contributed by atoms with Crippen molar-refractivity contribution in [3.63, 3.8) is 0 Å². The summed E-state index contributed by atoms with van der Waals surface area (Å²) >= 11 is 0. The van der Waals surface area contributed by atoms with Gasteiger partial charge in [0, 0.05) is 31.7 Å². The lowest BCUT2D eigenvalue weighted by Gasteiger charge is -2.31. The number of carbonyl (C=O) groups excluding carboxylic acids is 1. The summed E-state index contributed by atoms with van der Waals surface area (Å²) in [5.41, 5.74) is 1.35. The topological polar surface area (TPSA) is 59.4 Å². The second kappa shape index (κ2) is 7.68. The number of aromatic nitrogens is 2. The molecule has 1 saturated heterocycles. The molecule has 0 aliphatic carbocycles. The second-order valence-corrected chi connectivity index (χ2v) is 7.93. The van der Waals surface area contributed by atoms with Crippen LogP contribution in [-0.4, -0.2) is 47.0 Å². The Morgan fingerprint density at radius 1 is 1.30 bits per heavy atom. The van der Waals surface area contributed by atoms with Gasteiger partial charge in [-0.1, -0.05) is 20.8 Å². The minimum absolute atomic E-state index is 0.0663. The summed E-state index contributed by atoms with van der Waals surface area (Å²) in [7, 11) is 1.67. The summed E-state index contributed by atoms with van der Waals surface area (Å²) in [5, 5.41) is 7.62. The predicted octanol–water partition coefficient (Wildman–Crippen LogP) is 3.95. The minimum atomic E-state index is -0.313. The highest BCUT2D eigenvalue weighted by Gasteiger charge is 2.26. The molecule has 1 aromatic heterocycles. The molecule has 1 atom stereocenters. The van der Waals surface area contributed by atoms with Crippen molar-refractivity contribution in [3.05, 3.63) is 41.8 Å². The van der Waals surface area contributed by atoms with Gasteiger partial charge in [0.25, 0.3) is 0 Å². The first-order valence-corrected chi connectivity index (χ1v) is 9.23. The fraction of sp³-hybridized carbons (Fsp3) is 0.500. The van der Waals surface area contributed by atoms with Gasteiger partial charge in [0.1, 0.15) is 11.6 Å². The molecule has 1 N–H and O–H groups in total. The first-order chi connectivity index (χ1) is 12.8. The third-order valence-electron chi connectivity index (χ3n) is 4.78. The number of methoxy groups -OCH3 is 1. The van der Waals surface area contributed by atoms with Crippen molar-refractivity contribution < 1.29 is 13.9 Å². The Kier molecular flexibility index (Phi) is 5.51. The predicted molar refractivity (Wildman–Crippen MR) is 103 cm³/mol. The van der Waals surface area contributed by atoms with E-state index in [1.807, 2.05) is 6.07 Å². The molecule has 1 unspecified atom stereocenters. The third-order valence-corrected chi connectivity index (χ3v) is 4.78. The molecule has 7 heteroatoms. The number of piperidine rings is 1. The minimum Gasteiger partial charge on any atom is -0.380 e. The zero-order valence-electron chi connectivity index (χ0n) is 16.3. The molecular weight excluding hydrogens is 347 g/mol. The van der Waals surface area contributed by atoms with E-state index in [0.717, 1.165) is 18.5 Å². The number of benzene rings is 1. The van der Waals surface area contributed by atoms with Crippen molar-refractivity contribution in [2.24, 2.45) is 0 Å². The number of halogens is 1. The van der Waals surface area contributed by atoms with Crippen LogP contribution < -0.4 is 5.32 Å². The Hall–Kier alpha value is -2.41. The van der Waals surface area contributed by atoms with Gasteiger partial charge in [-0.05, 0) is 37.1 Å². The first-order valence-electron chi connectivity index (χ1n) is 9.23. The van der Waals surface area contributed by atoms with E-state index >= 15 is 0 Å². The summed E-state index contributed by atoms with van der Waals surface area (Å²) in [4.78, 5) is 14.5. The Morgan fingerprint density at radius 2 is 2.00 bits per heavy atom. The number of amides is 2. The average Bonchev–Trinajstić information content (AvgIpc) is 3.06. The van der Waals surface area contributed by atoms with Crippen molar-refractivity contribution in [1.82, 2.24) is 14.7 Å². The lowest BCUT2D eigenvalue weighted by atomic mass is 9.92. The Balaban J connectivity index is 1.88. The van der Waals surface area contributed by atoms with Crippen LogP contribution in [0.2, 0.25) is 0 Å². The number of urea groups is 1. The Bertz CT molecular complexity index is 795. The van der Waals surface area contributed by atoms with E-state index in [4.69, 9.17) is 4.74 Å². The molecule has 27 heavy (non-hydrogen) atoms. The number of hydrogen-bond donors (Lipinski definition) is 1. The molecule has 2 aromatic rings. The average molecular weight is 374 g/mol. The van der Waals surface area contributed by atoms with Crippen molar-refractivity contribution in [2.45, 2.75) is 45.1 Å². The van der Waals surface area contributed by atoms with E-state index in [1.54, 1.807) is 28.8 Å². The molecule has 146 valence electrons. The quantitative estimate of drug-likeness (QED) is 0.885. The van der Waals surface area contributed by atoms with Crippen LogP contribution in [0.15, 0.2) is 30.3 Å². The lowest BCUT2D eigenvalue weighted by molar-refractivity contribution is 0.0458. The SMILES string of the molecule is COC1CCCN(C(=O)Nc2cc(C(C)(C)C)nn2-c2ccc(F)cc2)C1. The standard InChI is InChI=1S/C20H27FN4O2/c1-20(2,3)17-12-18(25(23-17)15-9-7-14(21)8-10-15)22-19(26)24-11-5-6-16(13-24)27-4/h7-10,12,16H,5-6,11,13H2,1-4H3,(H,22,26). The van der Waals surface area contributed by atoms with E-state index in [9.17, 15) is 9.18 Å². The van der Waals surface area contributed by atoms with Crippen LogP contribution in [0.4, 0.5) is 15.0 Å². The normalized spacial score (nSPS) is 17.8. The molecule has 6 nitrogen and oxygen atoms in total. The maximum Gasteiger partial charge on any atom is 0.323 e. The third kappa shape index (κ3) is 4.47. The number of rotatable bonds is 3. The van der Waals surface area contributed by atoms with Gasteiger partial charge in [-0.2, -0.15) is 5.10 Å². The monoisotopic (exact) mass is 374 g/mol. The fourth-order valence-electron chi connectivity index (χ4n) is 3.12. The van der Waals surface area contributed by atoms with Gasteiger partial charge in [-0.3, -0.25) is 5.32 Å². The highest BCUT2D eigenvalue weighted by atomic mass is 19.1. The van der Waals surface area contributed by atoms with Gasteiger partial charge in [0.2, 0.25) is 0 Å². The number of ether oxygens (including phenoxy) is 1. The van der Waals surface area contributed by atoms with Gasteiger partial charge in [0.15, 0.2) is 0 Å². The van der Waals surface area contributed by atoms with Crippen LogP contribution in [-0.2, 0) is 10.2 Å². The van der Waals surface area contributed by atoms with Crippen LogP contribution in [0.1, 0.15) is 39.3 Å². The van der Waals surface area contributed by atoms with E-state index < -0.39 is 0 Å². The number of nitrogens with one attached hydrogen (secondary N) is 1. The van der Waals surface area contributed by atoms with Crippen LogP contribution in [0.25, 0.3) is 5.69 Å². The molecule has 0 saturated carbocycles. The van der Waals surface area contributed by atoms with E-state index in [-0.39, 0.29) is 23.4 Å². The smallest absolute Gasteiger partial charge is 0.323 e. The van der Waals surface area contributed by atoms with Crippen molar-refractivity contribution in [1.29, 1.82) is 0 Å². The Labute approximate surface area is 159 Å². The molecule has 2 heterocycles. The second-order valence-electron chi connectivity index (χ2n) is 7.93. The van der Waals surface area contributed by atoms with Crippen LogP contribution in [0, 0.1) is 5.82 Å². The lowest BCUT2D eigenvalue weighted by Crippen LogP contribution is -2.45.